The van der Waals surface area contributed by atoms with Crippen LogP contribution in [0.3, 0.4) is 0 Å². The Morgan fingerprint density at radius 3 is 0.625 bits per heavy atom. The number of carbonyl (C=O) groups is 2. The van der Waals surface area contributed by atoms with Crippen LogP contribution in [0, 0.1) is 0 Å². The molecule has 0 aliphatic carbocycles. The molecule has 0 aliphatic rings. The van der Waals surface area contributed by atoms with Crippen LogP contribution in [0.15, 0.2) is 194 Å². The number of carbonyl (C=O) groups excluding carboxylic acids is 2. The lowest BCUT2D eigenvalue weighted by Crippen LogP contribution is -2.28. The standard InChI is InChI=1S/C91H148O5/c1-3-5-7-9-11-13-15-17-19-21-23-25-27-29-31-33-35-37-39-41-43-45-47-49-51-53-55-57-59-61-63-65-67-69-71-73-75-77-79-81-83-85-90(93)95-88-89(87-92)96-91(94)86-84-82-80-78-76-74-72-70-68-66-64-62-60-58-56-54-52-50-48-46-44-42-40-38-36-34-32-30-28-26-24-22-20-18-16-14-12-10-8-6-4-2/h5-8,11-14,17-20,23-26,29-32,35-38,41-44,47-50,89,92H,3-4,9-10,15-16,21-22,27-28,33-34,39-40,45-46,51-88H2,1-2H3/b7-5-,8-6-,13-11-,14-12-,19-17-,20-18-,25-23-,26-24-,31-29-,32-30-,37-35-,38-36-,43-41-,44-42-,49-47-,50-48-. The first-order valence-corrected chi connectivity index (χ1v) is 40.0. The Hall–Kier alpha value is -5.26. The van der Waals surface area contributed by atoms with Crippen molar-refractivity contribution in [2.45, 2.75) is 354 Å². The average Bonchev–Trinajstić information content (AvgIpc) is 3.73. The smallest absolute Gasteiger partial charge is 0.306 e. The molecule has 0 heterocycles. The second-order valence-corrected chi connectivity index (χ2v) is 26.0. The Morgan fingerprint density at radius 2 is 0.417 bits per heavy atom. The van der Waals surface area contributed by atoms with Crippen molar-refractivity contribution >= 4 is 11.9 Å². The van der Waals surface area contributed by atoms with Gasteiger partial charge in [-0.1, -0.05) is 388 Å². The van der Waals surface area contributed by atoms with Crippen LogP contribution >= 0.6 is 0 Å². The molecule has 0 aliphatic heterocycles. The minimum Gasteiger partial charge on any atom is -0.462 e. The van der Waals surface area contributed by atoms with Gasteiger partial charge in [-0.25, -0.2) is 0 Å². The molecule has 1 N–H and O–H groups in total. The molecule has 0 rings (SSSR count). The van der Waals surface area contributed by atoms with Crippen molar-refractivity contribution in [1.29, 1.82) is 0 Å². The molecule has 1 unspecified atom stereocenters. The first-order valence-electron chi connectivity index (χ1n) is 40.0. The molecule has 0 amide bonds. The summed E-state index contributed by atoms with van der Waals surface area (Å²) < 4.78 is 10.8. The molecule has 0 radical (unpaired) electrons. The SMILES string of the molecule is CC/C=C\C/C=C\C/C=C\C/C=C\C/C=C\C/C=C\C/C=C\C/C=C\CCCCCCCCCCCCCCCCCCC(=O)OCC(CO)OC(=O)CCCCCCCCCCCCCCCCCC/C=C\C/C=C\C/C=C\C/C=C\C/C=C\C/C=C\C/C=C\C/C=C\CC. The van der Waals surface area contributed by atoms with E-state index in [9.17, 15) is 14.7 Å². The molecular formula is C91H148O5. The summed E-state index contributed by atoms with van der Waals surface area (Å²) in [5.41, 5.74) is 0. The maximum absolute atomic E-state index is 12.4. The molecule has 0 fully saturated rings. The fourth-order valence-electron chi connectivity index (χ4n) is 11.0. The van der Waals surface area contributed by atoms with Gasteiger partial charge in [0.25, 0.3) is 0 Å². The fraction of sp³-hybridized carbons (Fsp3) is 0.626. The summed E-state index contributed by atoms with van der Waals surface area (Å²) >= 11 is 0. The lowest BCUT2D eigenvalue weighted by atomic mass is 10.0. The van der Waals surface area contributed by atoms with Gasteiger partial charge in [0.15, 0.2) is 6.10 Å². The van der Waals surface area contributed by atoms with Gasteiger partial charge in [-0.15, -0.1) is 0 Å². The van der Waals surface area contributed by atoms with E-state index >= 15 is 0 Å². The minimum atomic E-state index is -0.784. The highest BCUT2D eigenvalue weighted by molar-refractivity contribution is 5.70. The van der Waals surface area contributed by atoms with Crippen LogP contribution in [0.25, 0.3) is 0 Å². The third kappa shape index (κ3) is 81.2. The molecule has 542 valence electrons. The van der Waals surface area contributed by atoms with Crippen LogP contribution in [-0.4, -0.2) is 36.4 Å². The summed E-state index contributed by atoms with van der Waals surface area (Å²) in [5.74, 6) is -0.587. The summed E-state index contributed by atoms with van der Waals surface area (Å²) in [7, 11) is 0. The van der Waals surface area contributed by atoms with E-state index in [1.54, 1.807) is 0 Å². The number of esters is 2. The van der Waals surface area contributed by atoms with Gasteiger partial charge < -0.3 is 14.6 Å². The maximum Gasteiger partial charge on any atom is 0.306 e. The van der Waals surface area contributed by atoms with E-state index in [2.05, 4.69) is 208 Å². The second kappa shape index (κ2) is 84.0. The third-order valence-electron chi connectivity index (χ3n) is 16.9. The zero-order chi connectivity index (χ0) is 69.0. The van der Waals surface area contributed by atoms with Crippen molar-refractivity contribution < 1.29 is 24.2 Å². The number of unbranched alkanes of at least 4 members (excludes halogenated alkanes) is 32. The quantitative estimate of drug-likeness (QED) is 0.0373. The van der Waals surface area contributed by atoms with E-state index in [0.717, 1.165) is 141 Å². The highest BCUT2D eigenvalue weighted by atomic mass is 16.6. The van der Waals surface area contributed by atoms with Gasteiger partial charge in [0.2, 0.25) is 0 Å². The van der Waals surface area contributed by atoms with E-state index in [-0.39, 0.29) is 25.2 Å². The summed E-state index contributed by atoms with van der Waals surface area (Å²) in [6.45, 7) is 3.93. The molecule has 0 aromatic carbocycles. The van der Waals surface area contributed by atoms with Crippen LogP contribution in [0.1, 0.15) is 348 Å². The van der Waals surface area contributed by atoms with Crippen molar-refractivity contribution in [3.63, 3.8) is 0 Å². The monoisotopic (exact) mass is 1320 g/mol. The van der Waals surface area contributed by atoms with Gasteiger partial charge in [0.1, 0.15) is 6.61 Å². The van der Waals surface area contributed by atoms with Crippen molar-refractivity contribution in [3.8, 4) is 0 Å². The predicted molar refractivity (Wildman–Crippen MR) is 426 cm³/mol. The van der Waals surface area contributed by atoms with Gasteiger partial charge >= 0.3 is 11.9 Å². The Labute approximate surface area is 594 Å². The number of ether oxygens (including phenoxy) is 2. The predicted octanol–water partition coefficient (Wildman–Crippen LogP) is 28.7. The largest absolute Gasteiger partial charge is 0.462 e. The Morgan fingerprint density at radius 1 is 0.240 bits per heavy atom. The Balaban J connectivity index is 3.50. The normalized spacial score (nSPS) is 13.3. The van der Waals surface area contributed by atoms with Crippen LogP contribution in [-0.2, 0) is 19.1 Å². The molecule has 0 bridgehead atoms. The lowest BCUT2D eigenvalue weighted by Gasteiger charge is -2.15. The molecule has 0 saturated carbocycles. The second-order valence-electron chi connectivity index (χ2n) is 26.0. The van der Waals surface area contributed by atoms with Crippen LogP contribution in [0.4, 0.5) is 0 Å². The van der Waals surface area contributed by atoms with E-state index in [0.29, 0.717) is 12.8 Å². The van der Waals surface area contributed by atoms with Crippen molar-refractivity contribution in [3.05, 3.63) is 194 Å². The Kier molecular flexibility index (Phi) is 79.4. The zero-order valence-electron chi connectivity index (χ0n) is 62.3. The summed E-state index contributed by atoms with van der Waals surface area (Å²) in [6.07, 6.45) is 132. The van der Waals surface area contributed by atoms with Gasteiger partial charge in [-0.05, 0) is 141 Å². The molecular weight excluding hydrogens is 1170 g/mol. The zero-order valence-corrected chi connectivity index (χ0v) is 62.3. The molecule has 0 aromatic heterocycles. The number of aliphatic hydroxyl groups excluding tert-OH is 1. The molecule has 1 atom stereocenters. The molecule has 0 saturated heterocycles. The van der Waals surface area contributed by atoms with E-state index in [1.807, 2.05) is 0 Å². The van der Waals surface area contributed by atoms with E-state index in [1.165, 1.54) is 180 Å². The highest BCUT2D eigenvalue weighted by Gasteiger charge is 2.16. The van der Waals surface area contributed by atoms with Crippen molar-refractivity contribution in [2.24, 2.45) is 0 Å². The minimum absolute atomic E-state index is 0.0713. The molecule has 0 aromatic rings. The number of hydrogen-bond acceptors (Lipinski definition) is 5. The van der Waals surface area contributed by atoms with E-state index < -0.39 is 6.10 Å². The number of allylic oxidation sites excluding steroid dienone is 32. The van der Waals surface area contributed by atoms with Crippen molar-refractivity contribution in [2.75, 3.05) is 13.2 Å². The first-order chi connectivity index (χ1) is 47.6. The van der Waals surface area contributed by atoms with Gasteiger partial charge in [-0.3, -0.25) is 9.59 Å². The number of aliphatic hydroxyl groups is 1. The maximum atomic E-state index is 12.4. The molecule has 96 heavy (non-hydrogen) atoms. The number of hydrogen-bond donors (Lipinski definition) is 1. The summed E-state index contributed by atoms with van der Waals surface area (Å²) in [4.78, 5) is 24.7. The highest BCUT2D eigenvalue weighted by Crippen LogP contribution is 2.18. The Bertz CT molecular complexity index is 2140. The van der Waals surface area contributed by atoms with Crippen LogP contribution in [0.5, 0.6) is 0 Å². The lowest BCUT2D eigenvalue weighted by molar-refractivity contribution is -0.161. The average molecular weight is 1320 g/mol. The van der Waals surface area contributed by atoms with Crippen molar-refractivity contribution in [1.82, 2.24) is 0 Å². The van der Waals surface area contributed by atoms with Crippen LogP contribution < -0.4 is 0 Å². The number of rotatable bonds is 72. The molecule has 0 spiro atoms. The van der Waals surface area contributed by atoms with Gasteiger partial charge in [0, 0.05) is 12.8 Å². The van der Waals surface area contributed by atoms with Gasteiger partial charge in [-0.2, -0.15) is 0 Å². The molecule has 5 heteroatoms. The fourth-order valence-corrected chi connectivity index (χ4v) is 11.0. The topological polar surface area (TPSA) is 72.8 Å². The van der Waals surface area contributed by atoms with Gasteiger partial charge in [0.05, 0.1) is 6.61 Å². The van der Waals surface area contributed by atoms with Crippen LogP contribution in [0.2, 0.25) is 0 Å². The molecule has 5 nitrogen and oxygen atoms in total. The summed E-state index contributed by atoms with van der Waals surface area (Å²) in [6, 6.07) is 0. The first kappa shape index (κ1) is 90.7. The third-order valence-corrected chi connectivity index (χ3v) is 16.9. The van der Waals surface area contributed by atoms with E-state index in [4.69, 9.17) is 9.47 Å². The summed E-state index contributed by atoms with van der Waals surface area (Å²) in [5, 5.41) is 9.74.